The Morgan fingerprint density at radius 2 is 1.44 bits per heavy atom. The third-order valence-corrected chi connectivity index (χ3v) is 6.75. The Morgan fingerprint density at radius 1 is 0.750 bits per heavy atom. The van der Waals surface area contributed by atoms with Gasteiger partial charge in [-0.2, -0.15) is 4.57 Å². The van der Waals surface area contributed by atoms with Crippen LogP contribution in [0.2, 0.25) is 0 Å². The third-order valence-electron chi connectivity index (χ3n) is 6.75. The van der Waals surface area contributed by atoms with Crippen molar-refractivity contribution < 1.29 is 4.57 Å². The summed E-state index contributed by atoms with van der Waals surface area (Å²) in [6.07, 6.45) is 0. The Hall–Kier alpha value is -3.39. The molecule has 5 aromatic rings. The number of hydrogen-bond donors (Lipinski definition) is 0. The van der Waals surface area contributed by atoms with Gasteiger partial charge in [0.1, 0.15) is 0 Å². The maximum Gasteiger partial charge on any atom is 0.218 e. The second-order valence-electron chi connectivity index (χ2n) is 9.93. The molecule has 0 N–H and O–H groups in total. The second kappa shape index (κ2) is 7.34. The van der Waals surface area contributed by atoms with Crippen molar-refractivity contribution in [2.24, 2.45) is 7.05 Å². The zero-order valence-corrected chi connectivity index (χ0v) is 19.9. The summed E-state index contributed by atoms with van der Waals surface area (Å²) in [5.41, 5.74) is 10.2. The number of para-hydroxylation sites is 2. The molecule has 0 unspecified atom stereocenters. The van der Waals surface area contributed by atoms with Crippen LogP contribution in [-0.4, -0.2) is 4.57 Å². The van der Waals surface area contributed by atoms with E-state index < -0.39 is 0 Å². The molecule has 3 aromatic carbocycles. The summed E-state index contributed by atoms with van der Waals surface area (Å²) in [5.74, 6) is 0. The van der Waals surface area contributed by atoms with Crippen LogP contribution >= 0.6 is 0 Å². The largest absolute Gasteiger partial charge is 0.344 e. The highest BCUT2D eigenvalue weighted by molar-refractivity contribution is 5.88. The fourth-order valence-corrected chi connectivity index (χ4v) is 4.80. The van der Waals surface area contributed by atoms with Gasteiger partial charge in [0, 0.05) is 65.3 Å². The number of nitrogens with zero attached hydrogens (tertiary/aromatic N) is 2. The van der Waals surface area contributed by atoms with Crippen LogP contribution in [-0.2, 0) is 12.5 Å². The first kappa shape index (κ1) is 20.5. The van der Waals surface area contributed by atoms with Crippen molar-refractivity contribution in [3.63, 3.8) is 0 Å². The molecular formula is C30H31N2+. The maximum atomic E-state index is 2.42. The van der Waals surface area contributed by atoms with Gasteiger partial charge in [0.15, 0.2) is 5.69 Å². The van der Waals surface area contributed by atoms with Crippen LogP contribution in [0.3, 0.4) is 0 Å². The van der Waals surface area contributed by atoms with Crippen LogP contribution in [0.1, 0.15) is 37.6 Å². The van der Waals surface area contributed by atoms with Crippen molar-refractivity contribution in [2.75, 3.05) is 0 Å². The molecular weight excluding hydrogens is 388 g/mol. The first-order valence-electron chi connectivity index (χ1n) is 11.4. The van der Waals surface area contributed by atoms with Gasteiger partial charge in [-0.1, -0.05) is 51.1 Å². The van der Waals surface area contributed by atoms with E-state index in [1.165, 1.54) is 55.6 Å². The zero-order valence-electron chi connectivity index (χ0n) is 19.9. The van der Waals surface area contributed by atoms with Gasteiger partial charge in [0.05, 0.1) is 0 Å². The number of benzene rings is 3. The minimum absolute atomic E-state index is 0.0425. The number of hydrogen-bond acceptors (Lipinski definition) is 0. The van der Waals surface area contributed by atoms with E-state index in [2.05, 4.69) is 130 Å². The smallest absolute Gasteiger partial charge is 0.218 e. The maximum absolute atomic E-state index is 2.42. The van der Waals surface area contributed by atoms with Crippen molar-refractivity contribution in [3.8, 4) is 16.9 Å². The van der Waals surface area contributed by atoms with Gasteiger partial charge in [-0.15, -0.1) is 0 Å². The molecule has 2 nitrogen and oxygen atoms in total. The molecule has 0 fully saturated rings. The summed E-state index contributed by atoms with van der Waals surface area (Å²) in [4.78, 5) is 0. The molecule has 0 aliphatic carbocycles. The predicted molar refractivity (Wildman–Crippen MR) is 136 cm³/mol. The Labute approximate surface area is 190 Å². The Balaban J connectivity index is 1.88. The third kappa shape index (κ3) is 3.22. The molecule has 0 aliphatic rings. The van der Waals surface area contributed by atoms with Crippen molar-refractivity contribution in [2.45, 2.75) is 40.0 Å². The van der Waals surface area contributed by atoms with Crippen LogP contribution in [0.5, 0.6) is 0 Å². The highest BCUT2D eigenvalue weighted by atomic mass is 15.0. The van der Waals surface area contributed by atoms with Crippen molar-refractivity contribution in [3.05, 3.63) is 95.7 Å². The van der Waals surface area contributed by atoms with E-state index in [9.17, 15) is 0 Å². The fourth-order valence-electron chi connectivity index (χ4n) is 4.80. The molecule has 32 heavy (non-hydrogen) atoms. The summed E-state index contributed by atoms with van der Waals surface area (Å²) < 4.78 is 4.75. The molecule has 160 valence electrons. The first-order valence-corrected chi connectivity index (χ1v) is 11.4. The lowest BCUT2D eigenvalue weighted by molar-refractivity contribution is -0.574. The SMILES string of the molecule is Cc1c(-c2cc3ccccc3n2C)cc(C(C)(C)C)cc1-[n+]1c(C)ccc2ccccc21. The van der Waals surface area contributed by atoms with Crippen LogP contribution < -0.4 is 4.57 Å². The van der Waals surface area contributed by atoms with E-state index in [1.807, 2.05) is 0 Å². The van der Waals surface area contributed by atoms with Crippen molar-refractivity contribution in [1.29, 1.82) is 0 Å². The molecule has 0 amide bonds. The monoisotopic (exact) mass is 419 g/mol. The molecule has 0 saturated heterocycles. The van der Waals surface area contributed by atoms with Crippen molar-refractivity contribution in [1.82, 2.24) is 4.57 Å². The molecule has 0 spiro atoms. The average molecular weight is 420 g/mol. The van der Waals surface area contributed by atoms with Crippen molar-refractivity contribution >= 4 is 21.8 Å². The fraction of sp³-hybridized carbons (Fsp3) is 0.233. The van der Waals surface area contributed by atoms with E-state index in [-0.39, 0.29) is 5.41 Å². The summed E-state index contributed by atoms with van der Waals surface area (Å²) in [7, 11) is 2.18. The lowest BCUT2D eigenvalue weighted by Crippen LogP contribution is -2.36. The molecule has 0 bridgehead atoms. The molecule has 2 heterocycles. The summed E-state index contributed by atoms with van der Waals surface area (Å²) in [5, 5.41) is 2.53. The van der Waals surface area contributed by atoms with E-state index in [1.54, 1.807) is 0 Å². The van der Waals surface area contributed by atoms with Gasteiger partial charge in [0.25, 0.3) is 0 Å². The second-order valence-corrected chi connectivity index (χ2v) is 9.93. The Morgan fingerprint density at radius 3 is 2.16 bits per heavy atom. The minimum Gasteiger partial charge on any atom is -0.344 e. The van der Waals surface area contributed by atoms with Gasteiger partial charge in [-0.05, 0) is 48.2 Å². The van der Waals surface area contributed by atoms with Crippen LogP contribution in [0.15, 0.2) is 78.9 Å². The van der Waals surface area contributed by atoms with Gasteiger partial charge in [-0.3, -0.25) is 0 Å². The Bertz CT molecular complexity index is 1480. The average Bonchev–Trinajstić information content (AvgIpc) is 3.10. The minimum atomic E-state index is 0.0425. The normalized spacial score (nSPS) is 12.1. The Kier molecular flexibility index (Phi) is 4.70. The highest BCUT2D eigenvalue weighted by Gasteiger charge is 2.26. The number of pyridine rings is 1. The zero-order chi connectivity index (χ0) is 22.6. The summed E-state index contributed by atoms with van der Waals surface area (Å²) in [6.45, 7) is 11.4. The molecule has 0 atom stereocenters. The number of aryl methyl sites for hydroxylation is 2. The van der Waals surface area contributed by atoms with Crippen LogP contribution in [0, 0.1) is 13.8 Å². The number of aromatic nitrogens is 2. The van der Waals surface area contributed by atoms with Crippen LogP contribution in [0.4, 0.5) is 0 Å². The summed E-state index contributed by atoms with van der Waals surface area (Å²) >= 11 is 0. The van der Waals surface area contributed by atoms with Gasteiger partial charge in [0.2, 0.25) is 11.2 Å². The van der Waals surface area contributed by atoms with E-state index >= 15 is 0 Å². The summed E-state index contributed by atoms with van der Waals surface area (Å²) in [6, 6.07) is 28.9. The quantitative estimate of drug-likeness (QED) is 0.268. The van der Waals surface area contributed by atoms with Gasteiger partial charge >= 0.3 is 0 Å². The predicted octanol–water partition coefficient (Wildman–Crippen LogP) is 7.19. The topological polar surface area (TPSA) is 8.81 Å². The lowest BCUT2D eigenvalue weighted by Gasteiger charge is -2.22. The molecule has 5 rings (SSSR count). The molecule has 0 aliphatic heterocycles. The number of fused-ring (bicyclic) bond motifs is 2. The molecule has 0 radical (unpaired) electrons. The van der Waals surface area contributed by atoms with E-state index in [0.717, 1.165) is 0 Å². The highest BCUT2D eigenvalue weighted by Crippen LogP contribution is 2.35. The first-order chi connectivity index (χ1) is 15.3. The van der Waals surface area contributed by atoms with E-state index in [0.29, 0.717) is 0 Å². The lowest BCUT2D eigenvalue weighted by atomic mass is 9.84. The molecule has 2 aromatic heterocycles. The van der Waals surface area contributed by atoms with Crippen LogP contribution in [0.25, 0.3) is 38.8 Å². The number of rotatable bonds is 2. The van der Waals surface area contributed by atoms with E-state index in [4.69, 9.17) is 0 Å². The van der Waals surface area contributed by atoms with Gasteiger partial charge in [-0.25, -0.2) is 0 Å². The molecule has 0 saturated carbocycles. The standard InChI is InChI=1S/C30H31N2/c1-20-15-16-22-11-7-10-14-27(22)32(20)28-19-24(30(3,4)5)18-25(21(28)2)29-17-23-12-8-9-13-26(23)31(29)6/h7-19H,1-6H3/q+1. The van der Waals surface area contributed by atoms with Gasteiger partial charge < -0.3 is 4.57 Å². The molecule has 2 heteroatoms.